The number of hydrogen-bond donors (Lipinski definition) is 1. The van der Waals surface area contributed by atoms with Crippen molar-refractivity contribution >= 4 is 17.5 Å². The van der Waals surface area contributed by atoms with Crippen LogP contribution < -0.4 is 5.32 Å². The second kappa shape index (κ2) is 8.13. The Hall–Kier alpha value is -1.10. The number of amides is 1. The minimum absolute atomic E-state index is 0.0704. The monoisotopic (exact) mass is 336 g/mol. The zero-order valence-electron chi connectivity index (χ0n) is 13.5. The van der Waals surface area contributed by atoms with Gasteiger partial charge in [-0.25, -0.2) is 0 Å². The molecule has 2 aliphatic rings. The zero-order chi connectivity index (χ0) is 16.1. The Morgan fingerprint density at radius 1 is 1.26 bits per heavy atom. The van der Waals surface area contributed by atoms with E-state index in [9.17, 15) is 4.79 Å². The first-order chi connectivity index (χ1) is 11.2. The summed E-state index contributed by atoms with van der Waals surface area (Å²) in [6, 6.07) is 8.05. The Bertz CT molecular complexity index is 524. The maximum absolute atomic E-state index is 12.0. The number of ether oxygens (including phenoxy) is 1. The molecule has 2 fully saturated rings. The Balaban J connectivity index is 1.38. The van der Waals surface area contributed by atoms with E-state index < -0.39 is 0 Å². The molecular weight excluding hydrogens is 312 g/mol. The highest BCUT2D eigenvalue weighted by Gasteiger charge is 2.25. The summed E-state index contributed by atoms with van der Waals surface area (Å²) in [5.74, 6) is 0.642. The predicted octanol–water partition coefficient (Wildman–Crippen LogP) is 2.85. The normalized spacial score (nSPS) is 23.1. The molecule has 0 spiro atoms. The third-order valence-corrected chi connectivity index (χ3v) is 5.21. The first-order valence-electron chi connectivity index (χ1n) is 8.57. The van der Waals surface area contributed by atoms with Crippen LogP contribution in [-0.4, -0.2) is 43.2 Å². The molecule has 5 heteroatoms. The highest BCUT2D eigenvalue weighted by atomic mass is 35.5. The van der Waals surface area contributed by atoms with Crippen molar-refractivity contribution in [2.45, 2.75) is 38.3 Å². The van der Waals surface area contributed by atoms with E-state index in [-0.39, 0.29) is 12.0 Å². The van der Waals surface area contributed by atoms with Gasteiger partial charge in [0.15, 0.2) is 0 Å². The van der Waals surface area contributed by atoms with Gasteiger partial charge in [0.25, 0.3) is 0 Å². The van der Waals surface area contributed by atoms with Crippen LogP contribution >= 0.6 is 11.6 Å². The standard InChI is InChI=1S/C18H25ClN2O2/c19-16-5-2-1-4-15(16)13-21-9-7-14(8-10-21)12-20-18(22)17-6-3-11-23-17/h1-2,4-5,14,17H,3,6-13H2,(H,20,22)/t17-/m1/s1. The van der Waals surface area contributed by atoms with Gasteiger partial charge in [0, 0.05) is 24.7 Å². The predicted molar refractivity (Wildman–Crippen MR) is 91.4 cm³/mol. The lowest BCUT2D eigenvalue weighted by molar-refractivity contribution is -0.130. The molecule has 2 aliphatic heterocycles. The number of nitrogens with one attached hydrogen (secondary N) is 1. The van der Waals surface area contributed by atoms with E-state index in [4.69, 9.17) is 16.3 Å². The van der Waals surface area contributed by atoms with Gasteiger partial charge >= 0.3 is 0 Å². The molecule has 3 rings (SSSR count). The van der Waals surface area contributed by atoms with E-state index in [0.717, 1.165) is 63.5 Å². The summed E-state index contributed by atoms with van der Waals surface area (Å²) >= 11 is 6.23. The van der Waals surface area contributed by atoms with Crippen molar-refractivity contribution in [1.29, 1.82) is 0 Å². The molecule has 126 valence electrons. The minimum atomic E-state index is -0.213. The molecule has 1 aromatic carbocycles. The number of nitrogens with zero attached hydrogens (tertiary/aromatic N) is 1. The van der Waals surface area contributed by atoms with Crippen LogP contribution in [0.2, 0.25) is 5.02 Å². The van der Waals surface area contributed by atoms with E-state index in [1.807, 2.05) is 18.2 Å². The molecule has 1 atom stereocenters. The summed E-state index contributed by atoms with van der Waals surface area (Å²) in [5, 5.41) is 3.91. The summed E-state index contributed by atoms with van der Waals surface area (Å²) in [6.45, 7) is 4.53. The van der Waals surface area contributed by atoms with Gasteiger partial charge in [-0.05, 0) is 56.3 Å². The van der Waals surface area contributed by atoms with Gasteiger partial charge in [0.1, 0.15) is 6.10 Å². The fourth-order valence-electron chi connectivity index (χ4n) is 3.36. The van der Waals surface area contributed by atoms with Crippen LogP contribution in [0.5, 0.6) is 0 Å². The van der Waals surface area contributed by atoms with E-state index in [0.29, 0.717) is 5.92 Å². The third-order valence-electron chi connectivity index (χ3n) is 4.85. The van der Waals surface area contributed by atoms with E-state index >= 15 is 0 Å². The molecule has 0 unspecified atom stereocenters. The van der Waals surface area contributed by atoms with Crippen LogP contribution in [0.1, 0.15) is 31.2 Å². The average Bonchev–Trinajstić information content (AvgIpc) is 3.11. The summed E-state index contributed by atoms with van der Waals surface area (Å²) in [7, 11) is 0. The van der Waals surface area contributed by atoms with Gasteiger partial charge < -0.3 is 10.1 Å². The van der Waals surface area contributed by atoms with Gasteiger partial charge in [-0.3, -0.25) is 9.69 Å². The van der Waals surface area contributed by atoms with Crippen LogP contribution in [0.25, 0.3) is 0 Å². The molecule has 0 aromatic heterocycles. The number of hydrogen-bond acceptors (Lipinski definition) is 3. The van der Waals surface area contributed by atoms with Crippen molar-refractivity contribution in [3.63, 3.8) is 0 Å². The lowest BCUT2D eigenvalue weighted by Gasteiger charge is -2.32. The van der Waals surface area contributed by atoms with Crippen LogP contribution in [-0.2, 0) is 16.1 Å². The fraction of sp³-hybridized carbons (Fsp3) is 0.611. The molecule has 2 heterocycles. The molecular formula is C18H25ClN2O2. The molecule has 1 amide bonds. The summed E-state index contributed by atoms with van der Waals surface area (Å²) in [6.07, 6.45) is 3.89. The summed E-state index contributed by atoms with van der Waals surface area (Å²) < 4.78 is 5.42. The number of piperidine rings is 1. The van der Waals surface area contributed by atoms with Crippen LogP contribution in [0.4, 0.5) is 0 Å². The molecule has 4 nitrogen and oxygen atoms in total. The largest absolute Gasteiger partial charge is 0.368 e. The number of rotatable bonds is 5. The Kier molecular flexibility index (Phi) is 5.92. The van der Waals surface area contributed by atoms with Crippen LogP contribution in [0, 0.1) is 5.92 Å². The van der Waals surface area contributed by atoms with E-state index in [1.54, 1.807) is 0 Å². The lowest BCUT2D eigenvalue weighted by Crippen LogP contribution is -2.41. The minimum Gasteiger partial charge on any atom is -0.368 e. The number of halogens is 1. The molecule has 2 saturated heterocycles. The van der Waals surface area contributed by atoms with Gasteiger partial charge in [-0.2, -0.15) is 0 Å². The van der Waals surface area contributed by atoms with Gasteiger partial charge in [-0.1, -0.05) is 29.8 Å². The third kappa shape index (κ3) is 4.69. The van der Waals surface area contributed by atoms with Crippen molar-refractivity contribution in [3.8, 4) is 0 Å². The van der Waals surface area contributed by atoms with Crippen LogP contribution in [0.3, 0.4) is 0 Å². The fourth-order valence-corrected chi connectivity index (χ4v) is 3.55. The molecule has 0 aliphatic carbocycles. The number of carbonyl (C=O) groups excluding carboxylic acids is 1. The van der Waals surface area contributed by atoms with Crippen molar-refractivity contribution in [3.05, 3.63) is 34.9 Å². The van der Waals surface area contributed by atoms with E-state index in [2.05, 4.69) is 16.3 Å². The Labute approximate surface area is 143 Å². The Morgan fingerprint density at radius 2 is 2.04 bits per heavy atom. The zero-order valence-corrected chi connectivity index (χ0v) is 14.2. The Morgan fingerprint density at radius 3 is 2.74 bits per heavy atom. The van der Waals surface area contributed by atoms with Gasteiger partial charge in [0.2, 0.25) is 5.91 Å². The number of carbonyl (C=O) groups is 1. The smallest absolute Gasteiger partial charge is 0.249 e. The molecule has 1 aromatic rings. The number of likely N-dealkylation sites (tertiary alicyclic amines) is 1. The summed E-state index contributed by atoms with van der Waals surface area (Å²) in [5.41, 5.74) is 1.19. The number of benzene rings is 1. The van der Waals surface area contributed by atoms with Crippen molar-refractivity contribution in [2.24, 2.45) is 5.92 Å². The van der Waals surface area contributed by atoms with Gasteiger partial charge in [0.05, 0.1) is 0 Å². The van der Waals surface area contributed by atoms with Crippen molar-refractivity contribution in [2.75, 3.05) is 26.2 Å². The van der Waals surface area contributed by atoms with E-state index in [1.165, 1.54) is 5.56 Å². The molecule has 0 radical (unpaired) electrons. The average molecular weight is 337 g/mol. The quantitative estimate of drug-likeness (QED) is 0.899. The highest BCUT2D eigenvalue weighted by Crippen LogP contribution is 2.22. The molecule has 1 N–H and O–H groups in total. The first kappa shape index (κ1) is 16.7. The molecule has 0 saturated carbocycles. The van der Waals surface area contributed by atoms with Crippen LogP contribution in [0.15, 0.2) is 24.3 Å². The lowest BCUT2D eigenvalue weighted by atomic mass is 9.96. The first-order valence-corrected chi connectivity index (χ1v) is 8.95. The maximum atomic E-state index is 12.0. The topological polar surface area (TPSA) is 41.6 Å². The molecule has 0 bridgehead atoms. The highest BCUT2D eigenvalue weighted by molar-refractivity contribution is 6.31. The van der Waals surface area contributed by atoms with Crippen molar-refractivity contribution < 1.29 is 9.53 Å². The van der Waals surface area contributed by atoms with Gasteiger partial charge in [-0.15, -0.1) is 0 Å². The summed E-state index contributed by atoms with van der Waals surface area (Å²) in [4.78, 5) is 14.4. The second-order valence-electron chi connectivity index (χ2n) is 6.56. The second-order valence-corrected chi connectivity index (χ2v) is 6.96. The van der Waals surface area contributed by atoms with Crippen molar-refractivity contribution in [1.82, 2.24) is 10.2 Å². The molecule has 23 heavy (non-hydrogen) atoms. The maximum Gasteiger partial charge on any atom is 0.249 e. The SMILES string of the molecule is O=C(NCC1CCN(Cc2ccccc2Cl)CC1)[C@H]1CCCO1.